The SMILES string of the molecule is COC(=O)[C@H](Cc1ccccc1)NC(=O)CNc1ccc(OC)cc1. The van der Waals surface area contributed by atoms with Crippen molar-refractivity contribution < 1.29 is 19.1 Å². The predicted molar refractivity (Wildman–Crippen MR) is 95.6 cm³/mol. The lowest BCUT2D eigenvalue weighted by atomic mass is 10.1. The molecule has 1 amide bonds. The lowest BCUT2D eigenvalue weighted by molar-refractivity contribution is -0.144. The van der Waals surface area contributed by atoms with Crippen molar-refractivity contribution in [2.75, 3.05) is 26.1 Å². The minimum atomic E-state index is -0.724. The highest BCUT2D eigenvalue weighted by atomic mass is 16.5. The summed E-state index contributed by atoms with van der Waals surface area (Å²) in [6.45, 7) is 0.0502. The number of amides is 1. The van der Waals surface area contributed by atoms with Crippen molar-refractivity contribution in [3.63, 3.8) is 0 Å². The van der Waals surface area contributed by atoms with Crippen molar-refractivity contribution in [2.24, 2.45) is 0 Å². The van der Waals surface area contributed by atoms with Crippen molar-refractivity contribution in [3.05, 3.63) is 60.2 Å². The van der Waals surface area contributed by atoms with Gasteiger partial charge in [0.25, 0.3) is 0 Å². The molecule has 0 fully saturated rings. The molecule has 2 aromatic rings. The number of hydrogen-bond acceptors (Lipinski definition) is 5. The Hall–Kier alpha value is -3.02. The van der Waals surface area contributed by atoms with Crippen LogP contribution in [0.15, 0.2) is 54.6 Å². The molecule has 25 heavy (non-hydrogen) atoms. The first kappa shape index (κ1) is 18.3. The zero-order valence-corrected chi connectivity index (χ0v) is 14.3. The second-order valence-electron chi connectivity index (χ2n) is 5.42. The highest BCUT2D eigenvalue weighted by Gasteiger charge is 2.21. The number of esters is 1. The number of carbonyl (C=O) groups is 2. The highest BCUT2D eigenvalue weighted by molar-refractivity contribution is 5.87. The van der Waals surface area contributed by atoms with Crippen LogP contribution in [0.4, 0.5) is 5.69 Å². The number of rotatable bonds is 8. The van der Waals surface area contributed by atoms with Crippen molar-refractivity contribution in [1.82, 2.24) is 5.32 Å². The van der Waals surface area contributed by atoms with E-state index in [1.165, 1.54) is 7.11 Å². The average Bonchev–Trinajstić information content (AvgIpc) is 2.66. The van der Waals surface area contributed by atoms with E-state index in [4.69, 9.17) is 9.47 Å². The smallest absolute Gasteiger partial charge is 0.328 e. The molecule has 132 valence electrons. The van der Waals surface area contributed by atoms with Gasteiger partial charge in [0.15, 0.2) is 0 Å². The lowest BCUT2D eigenvalue weighted by Gasteiger charge is -2.17. The first-order valence-electron chi connectivity index (χ1n) is 7.91. The molecule has 6 heteroatoms. The molecule has 0 saturated carbocycles. The van der Waals surface area contributed by atoms with Crippen LogP contribution in [-0.4, -0.2) is 38.7 Å². The van der Waals surface area contributed by atoms with Crippen LogP contribution in [0.1, 0.15) is 5.56 Å². The zero-order valence-electron chi connectivity index (χ0n) is 14.3. The van der Waals surface area contributed by atoms with E-state index < -0.39 is 12.0 Å². The van der Waals surface area contributed by atoms with Crippen LogP contribution in [0.25, 0.3) is 0 Å². The first-order chi connectivity index (χ1) is 12.1. The van der Waals surface area contributed by atoms with Crippen LogP contribution in [0.2, 0.25) is 0 Å². The minimum Gasteiger partial charge on any atom is -0.497 e. The van der Waals surface area contributed by atoms with E-state index in [0.717, 1.165) is 17.0 Å². The highest BCUT2D eigenvalue weighted by Crippen LogP contribution is 2.14. The Morgan fingerprint density at radius 3 is 2.28 bits per heavy atom. The molecule has 2 aromatic carbocycles. The molecule has 0 spiro atoms. The summed E-state index contributed by atoms with van der Waals surface area (Å²) in [4.78, 5) is 24.1. The number of benzene rings is 2. The fourth-order valence-corrected chi connectivity index (χ4v) is 2.32. The topological polar surface area (TPSA) is 76.7 Å². The Kier molecular flexibility index (Phi) is 6.83. The molecular formula is C19H22N2O4. The molecule has 0 aromatic heterocycles. The Labute approximate surface area is 147 Å². The lowest BCUT2D eigenvalue weighted by Crippen LogP contribution is -2.45. The molecule has 0 saturated heterocycles. The van der Waals surface area contributed by atoms with Gasteiger partial charge in [-0.15, -0.1) is 0 Å². The van der Waals surface area contributed by atoms with Crippen molar-refractivity contribution in [2.45, 2.75) is 12.5 Å². The summed E-state index contributed by atoms with van der Waals surface area (Å²) in [5.41, 5.74) is 1.73. The van der Waals surface area contributed by atoms with Gasteiger partial charge in [0, 0.05) is 12.1 Å². The second-order valence-corrected chi connectivity index (χ2v) is 5.42. The van der Waals surface area contributed by atoms with Gasteiger partial charge in [0.2, 0.25) is 5.91 Å². The van der Waals surface area contributed by atoms with Gasteiger partial charge in [-0.05, 0) is 29.8 Å². The summed E-state index contributed by atoms with van der Waals surface area (Å²) in [6, 6.07) is 16.0. The number of anilines is 1. The standard InChI is InChI=1S/C19H22N2O4/c1-24-16-10-8-15(9-11-16)20-13-18(22)21-17(19(23)25-2)12-14-6-4-3-5-7-14/h3-11,17,20H,12-13H2,1-2H3,(H,21,22)/t17-/m0/s1. The third-order valence-corrected chi connectivity index (χ3v) is 3.65. The van der Waals surface area contributed by atoms with E-state index in [2.05, 4.69) is 10.6 Å². The molecule has 1 atom stereocenters. The van der Waals surface area contributed by atoms with Crippen LogP contribution in [0, 0.1) is 0 Å². The van der Waals surface area contributed by atoms with Crippen molar-refractivity contribution in [1.29, 1.82) is 0 Å². The summed E-state index contributed by atoms with van der Waals surface area (Å²) in [6.07, 6.45) is 0.377. The molecule has 0 heterocycles. The van der Waals surface area contributed by atoms with Gasteiger partial charge >= 0.3 is 5.97 Å². The second kappa shape index (κ2) is 9.32. The van der Waals surface area contributed by atoms with Crippen LogP contribution >= 0.6 is 0 Å². The molecule has 6 nitrogen and oxygen atoms in total. The van der Waals surface area contributed by atoms with E-state index in [9.17, 15) is 9.59 Å². The van der Waals surface area contributed by atoms with E-state index in [1.54, 1.807) is 19.2 Å². The summed E-state index contributed by atoms with van der Waals surface area (Å²) in [5.74, 6) is -0.0209. The zero-order chi connectivity index (χ0) is 18.1. The number of ether oxygens (including phenoxy) is 2. The third kappa shape index (κ3) is 5.84. The molecule has 0 unspecified atom stereocenters. The summed E-state index contributed by atoms with van der Waals surface area (Å²) in [5, 5.41) is 5.71. The fourth-order valence-electron chi connectivity index (χ4n) is 2.32. The maximum atomic E-state index is 12.2. The van der Waals surface area contributed by atoms with Gasteiger partial charge in [-0.1, -0.05) is 30.3 Å². The number of nitrogens with one attached hydrogen (secondary N) is 2. The molecule has 0 aliphatic carbocycles. The summed E-state index contributed by atoms with van der Waals surface area (Å²) in [7, 11) is 2.90. The molecule has 0 aliphatic heterocycles. The van der Waals surface area contributed by atoms with Crippen molar-refractivity contribution >= 4 is 17.6 Å². The quantitative estimate of drug-likeness (QED) is 0.718. The third-order valence-electron chi connectivity index (χ3n) is 3.65. The predicted octanol–water partition coefficient (Wildman–Crippen LogP) is 2.01. The Morgan fingerprint density at radius 1 is 1.00 bits per heavy atom. The summed E-state index contributed by atoms with van der Waals surface area (Å²) < 4.78 is 9.87. The van der Waals surface area contributed by atoms with Crippen LogP contribution < -0.4 is 15.4 Å². The van der Waals surface area contributed by atoms with Crippen LogP contribution in [0.3, 0.4) is 0 Å². The van der Waals surface area contributed by atoms with Gasteiger partial charge in [0.1, 0.15) is 11.8 Å². The van der Waals surface area contributed by atoms with Crippen molar-refractivity contribution in [3.8, 4) is 5.75 Å². The summed E-state index contributed by atoms with van der Waals surface area (Å²) >= 11 is 0. The van der Waals surface area contributed by atoms with Gasteiger partial charge in [-0.2, -0.15) is 0 Å². The maximum Gasteiger partial charge on any atom is 0.328 e. The Balaban J connectivity index is 1.90. The van der Waals surface area contributed by atoms with Gasteiger partial charge in [-0.25, -0.2) is 4.79 Å². The van der Waals surface area contributed by atoms with E-state index in [1.807, 2.05) is 42.5 Å². The Bertz CT molecular complexity index is 686. The number of hydrogen-bond donors (Lipinski definition) is 2. The molecule has 0 radical (unpaired) electrons. The Morgan fingerprint density at radius 2 is 1.68 bits per heavy atom. The minimum absolute atomic E-state index is 0.0502. The first-order valence-corrected chi connectivity index (χ1v) is 7.91. The normalized spacial score (nSPS) is 11.3. The molecular weight excluding hydrogens is 320 g/mol. The van der Waals surface area contributed by atoms with Crippen LogP contribution in [0.5, 0.6) is 5.75 Å². The van der Waals surface area contributed by atoms with Gasteiger partial charge < -0.3 is 20.1 Å². The number of carbonyl (C=O) groups excluding carboxylic acids is 2. The fraction of sp³-hybridized carbons (Fsp3) is 0.263. The van der Waals surface area contributed by atoms with Crippen LogP contribution in [-0.2, 0) is 20.7 Å². The molecule has 2 N–H and O–H groups in total. The largest absolute Gasteiger partial charge is 0.497 e. The molecule has 0 aliphatic rings. The van der Waals surface area contributed by atoms with Gasteiger partial charge in [0.05, 0.1) is 20.8 Å². The number of methoxy groups -OCH3 is 2. The van der Waals surface area contributed by atoms with E-state index in [0.29, 0.717) is 6.42 Å². The molecule has 2 rings (SSSR count). The average molecular weight is 342 g/mol. The molecule has 0 bridgehead atoms. The monoisotopic (exact) mass is 342 g/mol. The van der Waals surface area contributed by atoms with Gasteiger partial charge in [-0.3, -0.25) is 4.79 Å². The van der Waals surface area contributed by atoms with E-state index >= 15 is 0 Å². The maximum absolute atomic E-state index is 12.2. The van der Waals surface area contributed by atoms with E-state index in [-0.39, 0.29) is 12.5 Å².